The van der Waals surface area contributed by atoms with E-state index < -0.39 is 0 Å². The molecule has 0 saturated carbocycles. The van der Waals surface area contributed by atoms with E-state index in [9.17, 15) is 4.79 Å². The predicted molar refractivity (Wildman–Crippen MR) is 261 cm³/mol. The number of unbranched alkanes of at least 4 members (excludes halogenated alkanes) is 40. The van der Waals surface area contributed by atoms with Crippen LogP contribution in [0.15, 0.2) is 12.2 Å². The highest BCUT2D eigenvalue weighted by Gasteiger charge is 2.17. The lowest BCUT2D eigenvalue weighted by molar-refractivity contribution is 0.0643. The minimum absolute atomic E-state index is 0.0221. The summed E-state index contributed by atoms with van der Waals surface area (Å²) in [6.07, 6.45) is 65.7. The van der Waals surface area contributed by atoms with Gasteiger partial charge in [-0.15, -0.1) is 0 Å². The van der Waals surface area contributed by atoms with E-state index >= 15 is 0 Å². The first-order valence-electron chi connectivity index (χ1n) is 27.3. The number of nitrogens with zero attached hydrogens (tertiary/aromatic N) is 1. The monoisotopic (exact) mass is 816 g/mol. The van der Waals surface area contributed by atoms with E-state index in [1.165, 1.54) is 270 Å². The minimum atomic E-state index is -0.0484. The Bertz CT molecular complexity index is 795. The molecule has 0 heterocycles. The van der Waals surface area contributed by atoms with Crippen molar-refractivity contribution in [2.24, 2.45) is 0 Å². The van der Waals surface area contributed by atoms with Crippen molar-refractivity contribution in [2.45, 2.75) is 323 Å². The zero-order valence-electron chi connectivity index (χ0n) is 40.7. The van der Waals surface area contributed by atoms with Gasteiger partial charge in [-0.3, -0.25) is 0 Å². The van der Waals surface area contributed by atoms with Crippen LogP contribution >= 0.6 is 0 Å². The average molecular weight is 816 g/mol. The molecule has 0 fully saturated rings. The summed E-state index contributed by atoms with van der Waals surface area (Å²) in [5.74, 6) is 0. The highest BCUT2D eigenvalue weighted by Crippen LogP contribution is 2.18. The van der Waals surface area contributed by atoms with Crippen molar-refractivity contribution in [1.29, 1.82) is 0 Å². The molecule has 0 aliphatic heterocycles. The fourth-order valence-electron chi connectivity index (χ4n) is 8.63. The van der Waals surface area contributed by atoms with Crippen LogP contribution in [0.25, 0.3) is 0 Å². The first-order chi connectivity index (χ1) is 28.7. The first-order valence-corrected chi connectivity index (χ1v) is 27.3. The summed E-state index contributed by atoms with van der Waals surface area (Å²) in [6, 6.07) is 0. The molecule has 1 unspecified atom stereocenters. The lowest BCUT2D eigenvalue weighted by Crippen LogP contribution is -2.35. The van der Waals surface area contributed by atoms with Gasteiger partial charge >= 0.3 is 6.09 Å². The second-order valence-electron chi connectivity index (χ2n) is 18.8. The number of allylic oxidation sites excluding steroid dienone is 2. The van der Waals surface area contributed by atoms with Crippen LogP contribution in [0.4, 0.5) is 4.79 Å². The van der Waals surface area contributed by atoms with Crippen molar-refractivity contribution < 1.29 is 9.53 Å². The van der Waals surface area contributed by atoms with Gasteiger partial charge in [-0.25, -0.2) is 4.79 Å². The van der Waals surface area contributed by atoms with E-state index in [1.807, 2.05) is 0 Å². The lowest BCUT2D eigenvalue weighted by atomic mass is 10.0. The van der Waals surface area contributed by atoms with Crippen LogP contribution in [-0.4, -0.2) is 30.2 Å². The molecule has 3 nitrogen and oxygen atoms in total. The molecule has 0 N–H and O–H groups in total. The molecule has 1 atom stereocenters. The Labute approximate surface area is 367 Å². The highest BCUT2D eigenvalue weighted by molar-refractivity contribution is 5.67. The number of carbonyl (C=O) groups excluding carboxylic acids is 1. The lowest BCUT2D eigenvalue weighted by Gasteiger charge is -2.24. The van der Waals surface area contributed by atoms with Crippen LogP contribution < -0.4 is 0 Å². The molecule has 0 rings (SSSR count). The van der Waals surface area contributed by atoms with Crippen LogP contribution in [0.2, 0.25) is 0 Å². The Balaban J connectivity index is 4.20. The first kappa shape index (κ1) is 57.0. The van der Waals surface area contributed by atoms with Crippen molar-refractivity contribution in [3.8, 4) is 0 Å². The number of carbonyl (C=O) groups is 1. The molecule has 58 heavy (non-hydrogen) atoms. The Morgan fingerprint density at radius 3 is 0.897 bits per heavy atom. The molecule has 0 aliphatic rings. The number of hydrogen-bond donors (Lipinski definition) is 0. The molecule has 3 heteroatoms. The summed E-state index contributed by atoms with van der Waals surface area (Å²) in [6.45, 7) is 10.8. The highest BCUT2D eigenvalue weighted by atomic mass is 16.6. The number of ether oxygens (including phenoxy) is 1. The summed E-state index contributed by atoms with van der Waals surface area (Å²) in [4.78, 5) is 15.5. The third kappa shape index (κ3) is 46.1. The van der Waals surface area contributed by atoms with Gasteiger partial charge in [0.2, 0.25) is 0 Å². The fraction of sp³-hybridized carbons (Fsp3) is 0.945. The molecule has 1 amide bonds. The summed E-state index contributed by atoms with van der Waals surface area (Å²) in [7, 11) is 0. The van der Waals surface area contributed by atoms with Crippen molar-refractivity contribution in [3.63, 3.8) is 0 Å². The molecule has 0 saturated heterocycles. The third-order valence-electron chi connectivity index (χ3n) is 12.7. The van der Waals surface area contributed by atoms with Gasteiger partial charge in [0.05, 0.1) is 0 Å². The van der Waals surface area contributed by atoms with Crippen molar-refractivity contribution in [2.75, 3.05) is 13.1 Å². The Morgan fingerprint density at radius 1 is 0.362 bits per heavy atom. The zero-order chi connectivity index (χ0) is 42.1. The van der Waals surface area contributed by atoms with Crippen LogP contribution in [0.5, 0.6) is 0 Å². The van der Waals surface area contributed by atoms with Gasteiger partial charge < -0.3 is 9.64 Å². The second kappa shape index (κ2) is 50.4. The standard InChI is InChI=1S/C55H109NO2/c1-5-8-11-14-17-20-23-26-29-31-33-36-39-42-45-48-51-54(4)58-55(57)56(52-49-46-43-40-37-34-28-25-22-19-16-13-10-7-3)53-50-47-44-41-38-35-32-30-27-24-21-18-15-12-9-6-2/h26,29,54H,5-25,27-28,30-53H2,1-4H3. The van der Waals surface area contributed by atoms with Crippen LogP contribution in [-0.2, 0) is 4.74 Å². The topological polar surface area (TPSA) is 29.5 Å². The van der Waals surface area contributed by atoms with Gasteiger partial charge in [-0.2, -0.15) is 0 Å². The van der Waals surface area contributed by atoms with E-state index in [0.717, 1.165) is 32.4 Å². The fourth-order valence-corrected chi connectivity index (χ4v) is 8.63. The van der Waals surface area contributed by atoms with E-state index in [4.69, 9.17) is 4.74 Å². The molecule has 0 aliphatic carbocycles. The Morgan fingerprint density at radius 2 is 0.603 bits per heavy atom. The van der Waals surface area contributed by atoms with Crippen LogP contribution in [0, 0.1) is 0 Å². The normalized spacial score (nSPS) is 12.2. The van der Waals surface area contributed by atoms with Crippen LogP contribution in [0.3, 0.4) is 0 Å². The maximum Gasteiger partial charge on any atom is 0.410 e. The average Bonchev–Trinajstić information content (AvgIpc) is 3.22. The predicted octanol–water partition coefficient (Wildman–Crippen LogP) is 20.0. The maximum atomic E-state index is 13.4. The van der Waals surface area contributed by atoms with E-state index in [2.05, 4.69) is 44.7 Å². The van der Waals surface area contributed by atoms with E-state index in [0.29, 0.717) is 0 Å². The molecule has 0 aromatic heterocycles. The van der Waals surface area contributed by atoms with Gasteiger partial charge in [-0.1, -0.05) is 270 Å². The third-order valence-corrected chi connectivity index (χ3v) is 12.7. The summed E-state index contributed by atoms with van der Waals surface area (Å²) in [5, 5.41) is 0. The molecule has 0 spiro atoms. The van der Waals surface area contributed by atoms with Gasteiger partial charge in [0.25, 0.3) is 0 Å². The molecule has 0 bridgehead atoms. The van der Waals surface area contributed by atoms with E-state index in [-0.39, 0.29) is 12.2 Å². The van der Waals surface area contributed by atoms with Crippen LogP contribution in [0.1, 0.15) is 317 Å². The zero-order valence-corrected chi connectivity index (χ0v) is 40.7. The number of amides is 1. The second-order valence-corrected chi connectivity index (χ2v) is 18.8. The Kier molecular flexibility index (Phi) is 49.5. The summed E-state index contributed by atoms with van der Waals surface area (Å²) in [5.41, 5.74) is 0. The van der Waals surface area contributed by atoms with E-state index in [1.54, 1.807) is 0 Å². The van der Waals surface area contributed by atoms with Crippen molar-refractivity contribution in [3.05, 3.63) is 12.2 Å². The van der Waals surface area contributed by atoms with Crippen molar-refractivity contribution in [1.82, 2.24) is 4.90 Å². The van der Waals surface area contributed by atoms with Gasteiger partial charge in [0.1, 0.15) is 6.10 Å². The molecule has 0 aromatic carbocycles. The quantitative estimate of drug-likeness (QED) is 0.0452. The summed E-state index contributed by atoms with van der Waals surface area (Å²) < 4.78 is 6.07. The molecule has 346 valence electrons. The van der Waals surface area contributed by atoms with Gasteiger partial charge in [0, 0.05) is 13.1 Å². The molecule has 0 radical (unpaired) electrons. The molecule has 0 aromatic rings. The minimum Gasteiger partial charge on any atom is -0.446 e. The molecular weight excluding hydrogens is 707 g/mol. The largest absolute Gasteiger partial charge is 0.446 e. The van der Waals surface area contributed by atoms with Gasteiger partial charge in [-0.05, 0) is 58.3 Å². The van der Waals surface area contributed by atoms with Gasteiger partial charge in [0.15, 0.2) is 0 Å². The number of hydrogen-bond acceptors (Lipinski definition) is 2. The molecular formula is C55H109NO2. The SMILES string of the molecule is CCCCCCCCC=CCCCCCCCCC(C)OC(=O)N(CCCCCCCCCCCCCCCC)CCCCCCCCCCCCCCCCCC. The van der Waals surface area contributed by atoms with Crippen molar-refractivity contribution >= 4 is 6.09 Å². The summed E-state index contributed by atoms with van der Waals surface area (Å²) >= 11 is 0. The Hall–Kier alpha value is -0.990. The number of rotatable bonds is 49. The maximum absolute atomic E-state index is 13.4. The smallest absolute Gasteiger partial charge is 0.410 e.